The number of fused-ring (bicyclic) bond motifs is 2. The van der Waals surface area contributed by atoms with Gasteiger partial charge in [-0.3, -0.25) is 38.4 Å². The molecule has 4 aromatic rings. The molecular formula is C54H59FN8O12S. The molecule has 1 fully saturated rings. The molecule has 22 heteroatoms. The van der Waals surface area contributed by atoms with Gasteiger partial charge in [-0.1, -0.05) is 63.2 Å². The highest BCUT2D eigenvalue weighted by Crippen LogP contribution is 2.46. The Kier molecular flexibility index (Phi) is 17.8. The molecule has 1 aromatic heterocycles. The summed E-state index contributed by atoms with van der Waals surface area (Å²) in [7, 11) is 1.59. The van der Waals surface area contributed by atoms with Crippen molar-refractivity contribution in [3.63, 3.8) is 0 Å². The Morgan fingerprint density at radius 2 is 1.63 bits per heavy atom. The Morgan fingerprint density at radius 1 is 0.921 bits per heavy atom. The van der Waals surface area contributed by atoms with Gasteiger partial charge in [0.25, 0.3) is 11.8 Å². The van der Waals surface area contributed by atoms with Gasteiger partial charge in [-0.05, 0) is 66.3 Å². The van der Waals surface area contributed by atoms with Crippen molar-refractivity contribution in [3.8, 4) is 0 Å². The van der Waals surface area contributed by atoms with Crippen molar-refractivity contribution in [3.05, 3.63) is 123 Å². The number of aromatic nitrogens is 1. The van der Waals surface area contributed by atoms with Gasteiger partial charge in [0.15, 0.2) is 6.10 Å². The fourth-order valence-electron chi connectivity index (χ4n) is 9.50. The van der Waals surface area contributed by atoms with E-state index in [0.717, 1.165) is 21.4 Å². The number of aliphatic hydroxyl groups excluding tert-OH is 1. The van der Waals surface area contributed by atoms with E-state index in [-0.39, 0.29) is 61.7 Å². The Hall–Kier alpha value is -7.82. The van der Waals surface area contributed by atoms with E-state index in [0.29, 0.717) is 40.7 Å². The van der Waals surface area contributed by atoms with Crippen LogP contribution in [0.15, 0.2) is 77.9 Å². The number of carbonyl (C=O) groups is 9. The number of aliphatic hydroxyl groups is 1. The number of aryl methyl sites for hydroxylation is 1. The zero-order chi connectivity index (χ0) is 55.0. The van der Waals surface area contributed by atoms with Crippen LogP contribution in [-0.2, 0) is 72.6 Å². The first-order chi connectivity index (χ1) is 36.3. The number of anilines is 1. The third-order valence-electron chi connectivity index (χ3n) is 13.4. The fourth-order valence-corrected chi connectivity index (χ4v) is 9.77. The molecule has 400 valence electrons. The largest absolute Gasteiger partial charge is 0.458 e. The lowest BCUT2D eigenvalue weighted by Crippen LogP contribution is -2.52. The Bertz CT molecular complexity index is 3080. The molecule has 8 amide bonds. The number of cyclic esters (lactones) is 1. The molecule has 0 bridgehead atoms. The fraction of sp³-hybridized carbons (Fsp3) is 0.370. The van der Waals surface area contributed by atoms with Gasteiger partial charge < -0.3 is 46.1 Å². The van der Waals surface area contributed by atoms with Gasteiger partial charge in [0.05, 0.1) is 54.0 Å². The van der Waals surface area contributed by atoms with E-state index >= 15 is 4.39 Å². The second-order valence-corrected chi connectivity index (χ2v) is 19.2. The Balaban J connectivity index is 0.00000415. The van der Waals surface area contributed by atoms with Crippen LogP contribution >= 0.6 is 12.6 Å². The molecule has 3 aromatic carbocycles. The van der Waals surface area contributed by atoms with Crippen LogP contribution in [-0.4, -0.2) is 132 Å². The number of likely N-dealkylation sites (N-methyl/N-ethyl adjacent to an activating group) is 1. The first-order valence-electron chi connectivity index (χ1n) is 24.6. The minimum atomic E-state index is -1.69. The number of rotatable bonds is 16. The van der Waals surface area contributed by atoms with E-state index < -0.39 is 101 Å². The molecule has 0 saturated carbocycles. The summed E-state index contributed by atoms with van der Waals surface area (Å²) in [6, 6.07) is 14.7. The number of amides is 8. The molecule has 4 atom stereocenters. The van der Waals surface area contributed by atoms with Crippen LogP contribution in [0.1, 0.15) is 77.5 Å². The molecule has 20 nitrogen and oxygen atoms in total. The predicted octanol–water partition coefficient (Wildman–Crippen LogP) is 2.15. The van der Waals surface area contributed by atoms with Gasteiger partial charge in [0.2, 0.25) is 35.4 Å². The number of imide groups is 1. The highest BCUT2D eigenvalue weighted by atomic mass is 32.1. The van der Waals surface area contributed by atoms with Gasteiger partial charge in [0, 0.05) is 60.0 Å². The van der Waals surface area contributed by atoms with Crippen molar-refractivity contribution >= 4 is 88.5 Å². The standard InChI is InChI=1S/C52H53FN8O12S.C2H6/c1-27-31-14-15-52(2,45-33-23-60(3)49(69)34-24-73-51(71)46(66)32(34)12-13-36(33)58-37(44(31)45)18-35(27)53)25-72-26-57-41(63)21-56-48(68)38(16-28-8-5-4-6-9-28)59-42(64)22-54-40(62)20-55-47(67)29-10-7-11-30(17-29)61-43(65)19-39(74)50(61)70;1-2/h4-13,17-18,38-39,46,66,74H,14-16,19-26H2,1-3H3,(H,54,62)(H,55,67)(H,56,68)(H,57,63)(H,59,64);1-2H3/b13-12+;. The van der Waals surface area contributed by atoms with Crippen molar-refractivity contribution in [2.45, 2.75) is 82.7 Å². The topological polar surface area (TPSA) is 272 Å². The van der Waals surface area contributed by atoms with Crippen LogP contribution in [0, 0.1) is 12.7 Å². The lowest BCUT2D eigenvalue weighted by molar-refractivity contribution is -0.152. The quantitative estimate of drug-likeness (QED) is 0.0279. The molecule has 1 saturated heterocycles. The number of ether oxygens (including phenoxy) is 2. The van der Waals surface area contributed by atoms with Gasteiger partial charge in [-0.2, -0.15) is 12.6 Å². The predicted molar refractivity (Wildman–Crippen MR) is 279 cm³/mol. The van der Waals surface area contributed by atoms with E-state index in [1.165, 1.54) is 41.3 Å². The number of benzene rings is 3. The van der Waals surface area contributed by atoms with Gasteiger partial charge in [0.1, 0.15) is 25.2 Å². The SMILES string of the molecule is CC.Cc1c(F)cc2nc3c(c4c2c1CCC4(C)COCNC(=O)CNC(=O)C(Cc1ccccc1)NC(=O)CNC(=O)CNC(=O)c1cccc(N2C(=O)CC(S)C2=O)c1)CN(C)C(=O)C1=C(/C=C/3)C(O)C(=O)OC1. The van der Waals surface area contributed by atoms with Crippen molar-refractivity contribution in [2.75, 3.05) is 51.5 Å². The van der Waals surface area contributed by atoms with Gasteiger partial charge >= 0.3 is 5.97 Å². The highest BCUT2D eigenvalue weighted by molar-refractivity contribution is 7.82. The van der Waals surface area contributed by atoms with Crippen molar-refractivity contribution in [1.82, 2.24) is 36.5 Å². The minimum absolute atomic E-state index is 0.0317. The average Bonchev–Trinajstić information content (AvgIpc) is 3.69. The Labute approximate surface area is 442 Å². The van der Waals surface area contributed by atoms with Crippen LogP contribution < -0.4 is 31.5 Å². The number of hydrogen-bond acceptors (Lipinski definition) is 14. The van der Waals surface area contributed by atoms with Gasteiger partial charge in [-0.15, -0.1) is 0 Å². The molecule has 4 heterocycles. The third kappa shape index (κ3) is 12.3. The average molecular weight is 1060 g/mol. The normalized spacial score (nSPS) is 19.6. The summed E-state index contributed by atoms with van der Waals surface area (Å²) in [6.07, 6.45) is 2.31. The van der Waals surface area contributed by atoms with Crippen molar-refractivity contribution in [1.29, 1.82) is 0 Å². The minimum Gasteiger partial charge on any atom is -0.458 e. The first-order valence-corrected chi connectivity index (χ1v) is 25.2. The van der Waals surface area contributed by atoms with E-state index in [1.54, 1.807) is 50.4 Å². The van der Waals surface area contributed by atoms with E-state index in [2.05, 4.69) is 39.2 Å². The van der Waals surface area contributed by atoms with Crippen LogP contribution in [0.2, 0.25) is 0 Å². The second kappa shape index (κ2) is 24.2. The maximum Gasteiger partial charge on any atom is 0.340 e. The lowest BCUT2D eigenvalue weighted by atomic mass is 9.69. The monoisotopic (exact) mass is 1060 g/mol. The van der Waals surface area contributed by atoms with Crippen LogP contribution in [0.3, 0.4) is 0 Å². The van der Waals surface area contributed by atoms with Crippen LogP contribution in [0.25, 0.3) is 17.0 Å². The van der Waals surface area contributed by atoms with E-state index in [9.17, 15) is 48.3 Å². The number of nitrogens with zero attached hydrogens (tertiary/aromatic N) is 3. The molecular weight excluding hydrogens is 1000 g/mol. The summed E-state index contributed by atoms with van der Waals surface area (Å²) in [5, 5.41) is 23.2. The number of esters is 1. The number of nitrogens with one attached hydrogen (secondary N) is 5. The smallest absolute Gasteiger partial charge is 0.340 e. The highest BCUT2D eigenvalue weighted by Gasteiger charge is 2.41. The molecule has 0 spiro atoms. The van der Waals surface area contributed by atoms with Crippen LogP contribution in [0.5, 0.6) is 0 Å². The second-order valence-electron chi connectivity index (χ2n) is 18.6. The lowest BCUT2D eigenvalue weighted by Gasteiger charge is -2.39. The van der Waals surface area contributed by atoms with E-state index in [1.807, 2.05) is 20.8 Å². The zero-order valence-electron chi connectivity index (χ0n) is 42.5. The molecule has 76 heavy (non-hydrogen) atoms. The Morgan fingerprint density at radius 3 is 2.36 bits per heavy atom. The zero-order valence-corrected chi connectivity index (χ0v) is 43.4. The molecule has 4 aliphatic rings. The third-order valence-corrected chi connectivity index (χ3v) is 13.8. The molecule has 0 radical (unpaired) electrons. The van der Waals surface area contributed by atoms with Crippen molar-refractivity contribution < 1.29 is 62.1 Å². The maximum absolute atomic E-state index is 15.4. The number of halogens is 1. The van der Waals surface area contributed by atoms with Crippen LogP contribution in [0.4, 0.5) is 10.1 Å². The first kappa shape index (κ1) is 55.9. The number of hydrogen-bond donors (Lipinski definition) is 7. The molecule has 6 N–H and O–H groups in total. The number of carbonyl (C=O) groups excluding carboxylic acids is 9. The molecule has 8 rings (SSSR count). The maximum atomic E-state index is 15.4. The summed E-state index contributed by atoms with van der Waals surface area (Å²) in [4.78, 5) is 123. The molecule has 3 aliphatic heterocycles. The van der Waals surface area contributed by atoms with Crippen molar-refractivity contribution in [2.24, 2.45) is 0 Å². The van der Waals surface area contributed by atoms with E-state index in [4.69, 9.17) is 14.5 Å². The molecule has 1 aliphatic carbocycles. The summed E-state index contributed by atoms with van der Waals surface area (Å²) in [5.74, 6) is -6.21. The summed E-state index contributed by atoms with van der Waals surface area (Å²) < 4.78 is 26.6. The number of thiol groups is 1. The summed E-state index contributed by atoms with van der Waals surface area (Å²) in [5.41, 5.74) is 3.84. The molecule has 4 unspecified atom stereocenters. The summed E-state index contributed by atoms with van der Waals surface area (Å²) >= 11 is 4.12. The summed E-state index contributed by atoms with van der Waals surface area (Å²) in [6.45, 7) is 5.61. The number of pyridine rings is 1. The van der Waals surface area contributed by atoms with Gasteiger partial charge in [-0.25, -0.2) is 19.1 Å².